The second-order valence-corrected chi connectivity index (χ2v) is 12.3. The summed E-state index contributed by atoms with van der Waals surface area (Å²) in [5.41, 5.74) is 1.18. The van der Waals surface area contributed by atoms with Gasteiger partial charge in [-0.15, -0.1) is 0 Å². The molecule has 1 aliphatic heterocycles. The molecule has 39 heavy (non-hydrogen) atoms. The van der Waals surface area contributed by atoms with E-state index in [0.29, 0.717) is 28.6 Å². The van der Waals surface area contributed by atoms with Crippen LogP contribution in [0.5, 0.6) is 11.5 Å². The summed E-state index contributed by atoms with van der Waals surface area (Å²) in [7, 11) is -3.63. The summed E-state index contributed by atoms with van der Waals surface area (Å²) >= 11 is 6.41. The largest absolute Gasteiger partial charge is 0.454 e. The predicted molar refractivity (Wildman–Crippen MR) is 150 cm³/mol. The molecular weight excluding hydrogens is 542 g/mol. The van der Waals surface area contributed by atoms with Gasteiger partial charge in [-0.3, -0.25) is 13.9 Å². The normalized spacial score (nSPS) is 15.7. The number of halogens is 1. The van der Waals surface area contributed by atoms with Crippen molar-refractivity contribution in [3.63, 3.8) is 0 Å². The second-order valence-electron chi connectivity index (χ2n) is 10.0. The highest BCUT2D eigenvalue weighted by Gasteiger charge is 2.31. The average Bonchev–Trinajstić information content (AvgIpc) is 3.58. The van der Waals surface area contributed by atoms with E-state index in [9.17, 15) is 18.0 Å². The lowest BCUT2D eigenvalue weighted by molar-refractivity contribution is -0.141. The van der Waals surface area contributed by atoms with Crippen molar-refractivity contribution in [2.75, 3.05) is 23.9 Å². The van der Waals surface area contributed by atoms with Gasteiger partial charge in [0.05, 0.1) is 11.9 Å². The Morgan fingerprint density at radius 3 is 2.51 bits per heavy atom. The van der Waals surface area contributed by atoms with Crippen molar-refractivity contribution in [2.24, 2.45) is 0 Å². The third kappa shape index (κ3) is 7.36. The molecule has 212 valence electrons. The molecule has 2 aromatic carbocycles. The third-order valence-electron chi connectivity index (χ3n) is 7.18. The van der Waals surface area contributed by atoms with Crippen LogP contribution in [0.25, 0.3) is 0 Å². The van der Waals surface area contributed by atoms with Crippen molar-refractivity contribution in [1.82, 2.24) is 10.2 Å². The first-order valence-electron chi connectivity index (χ1n) is 13.4. The van der Waals surface area contributed by atoms with E-state index in [1.165, 1.54) is 4.31 Å². The number of amides is 2. The van der Waals surface area contributed by atoms with E-state index in [2.05, 4.69) is 5.32 Å². The quantitative estimate of drug-likeness (QED) is 0.399. The highest BCUT2D eigenvalue weighted by atomic mass is 35.5. The monoisotopic (exact) mass is 577 g/mol. The minimum Gasteiger partial charge on any atom is -0.454 e. The molecule has 2 aromatic rings. The van der Waals surface area contributed by atoms with Gasteiger partial charge in [0, 0.05) is 36.6 Å². The fraction of sp³-hybridized carbons (Fsp3) is 0.500. The van der Waals surface area contributed by atoms with Crippen LogP contribution in [0.15, 0.2) is 42.5 Å². The molecule has 0 aromatic heterocycles. The lowest BCUT2D eigenvalue weighted by Crippen LogP contribution is -2.51. The lowest BCUT2D eigenvalue weighted by atomic mass is 10.1. The number of rotatable bonds is 12. The molecule has 0 spiro atoms. The fourth-order valence-corrected chi connectivity index (χ4v) is 6.29. The SMILES string of the molecule is CCC(C(=O)NC1CCCC1)N(Cc1ccccc1Cl)C(=O)CCCN(c1ccc2c(c1)OCO2)S(C)(=O)=O. The lowest BCUT2D eigenvalue weighted by Gasteiger charge is -2.32. The third-order valence-corrected chi connectivity index (χ3v) is 8.75. The van der Waals surface area contributed by atoms with Crippen LogP contribution in [0.3, 0.4) is 0 Å². The smallest absolute Gasteiger partial charge is 0.243 e. The van der Waals surface area contributed by atoms with E-state index in [-0.39, 0.29) is 50.6 Å². The van der Waals surface area contributed by atoms with Crippen molar-refractivity contribution < 1.29 is 27.5 Å². The first-order valence-corrected chi connectivity index (χ1v) is 15.6. The molecule has 1 unspecified atom stereocenters. The van der Waals surface area contributed by atoms with E-state index < -0.39 is 16.1 Å². The molecule has 1 atom stereocenters. The van der Waals surface area contributed by atoms with Crippen LogP contribution in [-0.2, 0) is 26.2 Å². The Hall–Kier alpha value is -2.98. The standard InChI is InChI=1S/C28H36ClN3O6S/c1-3-24(28(34)30-21-10-5-6-11-21)31(18-20-9-4-7-12-23(20)29)27(33)13-8-16-32(39(2,35)36)22-14-15-25-26(17-22)38-19-37-25/h4,7,9,12,14-15,17,21,24H,3,5-6,8,10-11,13,16,18-19H2,1-2H3,(H,30,34). The number of benzene rings is 2. The van der Waals surface area contributed by atoms with Gasteiger partial charge in [0.2, 0.25) is 28.6 Å². The highest BCUT2D eigenvalue weighted by Crippen LogP contribution is 2.36. The molecular formula is C28H36ClN3O6S. The number of hydrogen-bond donors (Lipinski definition) is 1. The number of carbonyl (C=O) groups excluding carboxylic acids is 2. The molecule has 1 fully saturated rings. The van der Waals surface area contributed by atoms with Gasteiger partial charge >= 0.3 is 0 Å². The molecule has 1 saturated carbocycles. The van der Waals surface area contributed by atoms with E-state index in [1.54, 1.807) is 29.2 Å². The highest BCUT2D eigenvalue weighted by molar-refractivity contribution is 7.92. The number of ether oxygens (including phenoxy) is 2. The Morgan fingerprint density at radius 2 is 1.82 bits per heavy atom. The van der Waals surface area contributed by atoms with Crippen molar-refractivity contribution in [3.8, 4) is 11.5 Å². The Kier molecular flexibility index (Phi) is 9.61. The summed E-state index contributed by atoms with van der Waals surface area (Å²) < 4.78 is 37.2. The molecule has 1 aliphatic carbocycles. The first kappa shape index (κ1) is 29.0. The number of hydrogen-bond acceptors (Lipinski definition) is 6. The van der Waals surface area contributed by atoms with Crippen LogP contribution in [0.4, 0.5) is 5.69 Å². The molecule has 2 amide bonds. The van der Waals surface area contributed by atoms with Gasteiger partial charge < -0.3 is 19.7 Å². The number of sulfonamides is 1. The van der Waals surface area contributed by atoms with Crippen molar-refractivity contribution in [1.29, 1.82) is 0 Å². The summed E-state index contributed by atoms with van der Waals surface area (Å²) in [6.07, 6.45) is 5.97. The van der Waals surface area contributed by atoms with Gasteiger partial charge in [-0.25, -0.2) is 8.42 Å². The summed E-state index contributed by atoms with van der Waals surface area (Å²) in [6.45, 7) is 2.25. The number of carbonyl (C=O) groups is 2. The van der Waals surface area contributed by atoms with Gasteiger partial charge in [-0.05, 0) is 49.4 Å². The van der Waals surface area contributed by atoms with Crippen molar-refractivity contribution in [3.05, 3.63) is 53.1 Å². The maximum Gasteiger partial charge on any atom is 0.243 e. The summed E-state index contributed by atoms with van der Waals surface area (Å²) in [5.74, 6) is 0.631. The molecule has 0 saturated heterocycles. The van der Waals surface area contributed by atoms with E-state index in [4.69, 9.17) is 21.1 Å². The van der Waals surface area contributed by atoms with E-state index in [1.807, 2.05) is 25.1 Å². The molecule has 9 nitrogen and oxygen atoms in total. The maximum atomic E-state index is 13.6. The zero-order valence-corrected chi connectivity index (χ0v) is 24.0. The van der Waals surface area contributed by atoms with Crippen LogP contribution in [0, 0.1) is 0 Å². The Balaban J connectivity index is 1.49. The van der Waals surface area contributed by atoms with E-state index >= 15 is 0 Å². The van der Waals surface area contributed by atoms with Crippen LogP contribution >= 0.6 is 11.6 Å². The van der Waals surface area contributed by atoms with Gasteiger partial charge in [0.1, 0.15) is 6.04 Å². The molecule has 0 bridgehead atoms. The number of nitrogens with one attached hydrogen (secondary N) is 1. The van der Waals surface area contributed by atoms with Crippen molar-refractivity contribution in [2.45, 2.75) is 70.5 Å². The Morgan fingerprint density at radius 1 is 1.10 bits per heavy atom. The van der Waals surface area contributed by atoms with Gasteiger partial charge in [0.25, 0.3) is 0 Å². The Labute approximate surface area is 235 Å². The summed E-state index contributed by atoms with van der Waals surface area (Å²) in [6, 6.07) is 11.7. The number of nitrogens with zero attached hydrogens (tertiary/aromatic N) is 2. The summed E-state index contributed by atoms with van der Waals surface area (Å²) in [4.78, 5) is 28.5. The van der Waals surface area contributed by atoms with E-state index in [0.717, 1.165) is 37.5 Å². The van der Waals surface area contributed by atoms with Gasteiger partial charge in [-0.2, -0.15) is 0 Å². The molecule has 0 radical (unpaired) electrons. The van der Waals surface area contributed by atoms with Crippen LogP contribution in [0.1, 0.15) is 57.4 Å². The average molecular weight is 578 g/mol. The van der Waals surface area contributed by atoms with Crippen LogP contribution < -0.4 is 19.1 Å². The minimum atomic E-state index is -3.63. The topological polar surface area (TPSA) is 105 Å². The fourth-order valence-electron chi connectivity index (χ4n) is 5.14. The number of fused-ring (bicyclic) bond motifs is 1. The summed E-state index contributed by atoms with van der Waals surface area (Å²) in [5, 5.41) is 3.65. The molecule has 2 aliphatic rings. The molecule has 1 N–H and O–H groups in total. The first-order chi connectivity index (χ1) is 18.7. The molecule has 11 heteroatoms. The second kappa shape index (κ2) is 12.9. The van der Waals surface area contributed by atoms with Crippen LogP contribution in [-0.4, -0.2) is 56.8 Å². The minimum absolute atomic E-state index is 0.0637. The molecule has 4 rings (SSSR count). The van der Waals surface area contributed by atoms with Crippen LogP contribution in [0.2, 0.25) is 5.02 Å². The zero-order chi connectivity index (χ0) is 28.0. The zero-order valence-electron chi connectivity index (χ0n) is 22.4. The maximum absolute atomic E-state index is 13.6. The molecule has 1 heterocycles. The number of anilines is 1. The predicted octanol–water partition coefficient (Wildman–Crippen LogP) is 4.48. The van der Waals surface area contributed by atoms with Crippen molar-refractivity contribution >= 4 is 39.1 Å². The Bertz CT molecular complexity index is 1280. The van der Waals surface area contributed by atoms with Gasteiger partial charge in [-0.1, -0.05) is 49.6 Å². The van der Waals surface area contributed by atoms with Gasteiger partial charge in [0.15, 0.2) is 11.5 Å².